The standard InChI is InChI=1S/C22H26FN5O/c1-4-28(21-10-5-18(13-24)15-26-21)16(2)14-27-22(29)11-12-25-17(3)19-6-8-20(23)9-7-19/h5-10,14-15,17,25H,4,11-12H2,1-3H3,(H,27,29)/b16-14+. The molecule has 29 heavy (non-hydrogen) atoms. The monoisotopic (exact) mass is 395 g/mol. The Kier molecular flexibility index (Phi) is 8.31. The second-order valence-electron chi connectivity index (χ2n) is 6.59. The Morgan fingerprint density at radius 1 is 1.31 bits per heavy atom. The fourth-order valence-corrected chi connectivity index (χ4v) is 2.81. The van der Waals surface area contributed by atoms with E-state index in [9.17, 15) is 9.18 Å². The zero-order chi connectivity index (χ0) is 21.2. The van der Waals surface area contributed by atoms with Gasteiger partial charge in [-0.05, 0) is 50.6 Å². The van der Waals surface area contributed by atoms with Crippen LogP contribution in [0.25, 0.3) is 0 Å². The molecule has 2 aromatic rings. The van der Waals surface area contributed by atoms with Crippen LogP contribution in [0.1, 0.15) is 44.4 Å². The SMILES string of the molecule is CCN(/C(C)=C/NC(=O)CCNC(C)c1ccc(F)cc1)c1ccc(C#N)cn1. The van der Waals surface area contributed by atoms with Crippen LogP contribution >= 0.6 is 0 Å². The number of carbonyl (C=O) groups is 1. The Hall–Kier alpha value is -3.24. The quantitative estimate of drug-likeness (QED) is 0.678. The van der Waals surface area contributed by atoms with Crippen molar-refractivity contribution in [3.05, 3.63) is 71.4 Å². The fourth-order valence-electron chi connectivity index (χ4n) is 2.81. The van der Waals surface area contributed by atoms with Crippen molar-refractivity contribution in [3.63, 3.8) is 0 Å². The van der Waals surface area contributed by atoms with Crippen LogP contribution in [0.4, 0.5) is 10.2 Å². The van der Waals surface area contributed by atoms with Crippen LogP contribution in [0, 0.1) is 17.1 Å². The van der Waals surface area contributed by atoms with Gasteiger partial charge in [-0.25, -0.2) is 9.37 Å². The van der Waals surface area contributed by atoms with Crippen LogP contribution in [0.15, 0.2) is 54.5 Å². The summed E-state index contributed by atoms with van der Waals surface area (Å²) in [5.74, 6) is 0.344. The topological polar surface area (TPSA) is 81.0 Å². The number of nitrogens with one attached hydrogen (secondary N) is 2. The highest BCUT2D eigenvalue weighted by Gasteiger charge is 2.09. The number of pyridine rings is 1. The van der Waals surface area contributed by atoms with Gasteiger partial charge in [-0.1, -0.05) is 12.1 Å². The number of nitriles is 1. The molecular formula is C22H26FN5O. The van der Waals surface area contributed by atoms with Crippen molar-refractivity contribution in [2.24, 2.45) is 0 Å². The third-order valence-corrected chi connectivity index (χ3v) is 4.51. The molecule has 1 atom stereocenters. The van der Waals surface area contributed by atoms with Gasteiger partial charge in [0.15, 0.2) is 0 Å². The van der Waals surface area contributed by atoms with E-state index < -0.39 is 0 Å². The molecule has 0 fully saturated rings. The molecule has 0 radical (unpaired) electrons. The molecule has 0 bridgehead atoms. The summed E-state index contributed by atoms with van der Waals surface area (Å²) in [6.07, 6.45) is 3.50. The summed E-state index contributed by atoms with van der Waals surface area (Å²) in [5.41, 5.74) is 2.31. The maximum Gasteiger partial charge on any atom is 0.225 e. The van der Waals surface area contributed by atoms with Gasteiger partial charge in [0.25, 0.3) is 0 Å². The predicted molar refractivity (Wildman–Crippen MR) is 111 cm³/mol. The van der Waals surface area contributed by atoms with E-state index in [1.165, 1.54) is 18.3 Å². The highest BCUT2D eigenvalue weighted by molar-refractivity contribution is 5.77. The highest BCUT2D eigenvalue weighted by atomic mass is 19.1. The van der Waals surface area contributed by atoms with Gasteiger partial charge < -0.3 is 15.5 Å². The molecule has 0 saturated carbocycles. The molecule has 152 valence electrons. The van der Waals surface area contributed by atoms with Gasteiger partial charge in [-0.2, -0.15) is 5.26 Å². The van der Waals surface area contributed by atoms with E-state index in [-0.39, 0.29) is 17.8 Å². The summed E-state index contributed by atoms with van der Waals surface area (Å²) in [6, 6.07) is 11.9. The normalized spacial score (nSPS) is 12.2. The number of hydrogen-bond acceptors (Lipinski definition) is 5. The van der Waals surface area contributed by atoms with Crippen molar-refractivity contribution in [2.45, 2.75) is 33.2 Å². The molecule has 0 aliphatic carbocycles. The first-order chi connectivity index (χ1) is 13.9. The molecule has 6 nitrogen and oxygen atoms in total. The van der Waals surface area contributed by atoms with Crippen molar-refractivity contribution >= 4 is 11.7 Å². The number of aromatic nitrogens is 1. The molecule has 1 amide bonds. The molecule has 1 unspecified atom stereocenters. The summed E-state index contributed by atoms with van der Waals surface area (Å²) in [7, 11) is 0. The van der Waals surface area contributed by atoms with Gasteiger partial charge in [0.05, 0.1) is 5.56 Å². The molecule has 0 aliphatic rings. The summed E-state index contributed by atoms with van der Waals surface area (Å²) < 4.78 is 13.0. The third kappa shape index (κ3) is 6.70. The van der Waals surface area contributed by atoms with Gasteiger partial charge >= 0.3 is 0 Å². The van der Waals surface area contributed by atoms with Gasteiger partial charge in [0.1, 0.15) is 17.7 Å². The molecule has 0 spiro atoms. The lowest BCUT2D eigenvalue weighted by molar-refractivity contribution is -0.120. The lowest BCUT2D eigenvalue weighted by Crippen LogP contribution is -2.28. The molecule has 2 N–H and O–H groups in total. The Bertz CT molecular complexity index is 872. The van der Waals surface area contributed by atoms with E-state index in [1.54, 1.807) is 30.5 Å². The average Bonchev–Trinajstić information content (AvgIpc) is 2.73. The fraction of sp³-hybridized carbons (Fsp3) is 0.318. The first-order valence-electron chi connectivity index (χ1n) is 9.53. The van der Waals surface area contributed by atoms with Crippen LogP contribution in [0.2, 0.25) is 0 Å². The van der Waals surface area contributed by atoms with E-state index in [4.69, 9.17) is 5.26 Å². The predicted octanol–water partition coefficient (Wildman–Crippen LogP) is 3.64. The minimum atomic E-state index is -0.264. The minimum absolute atomic E-state index is 0.0266. The number of rotatable bonds is 9. The van der Waals surface area contributed by atoms with Crippen molar-refractivity contribution in [2.75, 3.05) is 18.0 Å². The number of allylic oxidation sites excluding steroid dienone is 1. The highest BCUT2D eigenvalue weighted by Crippen LogP contribution is 2.16. The Morgan fingerprint density at radius 3 is 2.62 bits per heavy atom. The van der Waals surface area contributed by atoms with Crippen LogP contribution in [-0.2, 0) is 4.79 Å². The zero-order valence-corrected chi connectivity index (χ0v) is 16.9. The van der Waals surface area contributed by atoms with Crippen molar-refractivity contribution < 1.29 is 9.18 Å². The van der Waals surface area contributed by atoms with E-state index >= 15 is 0 Å². The van der Waals surface area contributed by atoms with E-state index in [1.807, 2.05) is 31.7 Å². The van der Waals surface area contributed by atoms with Gasteiger partial charge in [-0.15, -0.1) is 0 Å². The number of hydrogen-bond donors (Lipinski definition) is 2. The number of nitrogens with zero attached hydrogens (tertiary/aromatic N) is 3. The van der Waals surface area contributed by atoms with Crippen LogP contribution < -0.4 is 15.5 Å². The summed E-state index contributed by atoms with van der Waals surface area (Å²) >= 11 is 0. The zero-order valence-electron chi connectivity index (χ0n) is 16.9. The van der Waals surface area contributed by atoms with Crippen molar-refractivity contribution in [1.29, 1.82) is 5.26 Å². The Morgan fingerprint density at radius 2 is 2.03 bits per heavy atom. The molecule has 1 heterocycles. The first-order valence-corrected chi connectivity index (χ1v) is 9.53. The number of carbonyl (C=O) groups excluding carboxylic acids is 1. The Labute approximate surface area is 171 Å². The molecule has 1 aromatic heterocycles. The van der Waals surface area contributed by atoms with E-state index in [0.29, 0.717) is 30.9 Å². The van der Waals surface area contributed by atoms with Crippen LogP contribution in [-0.4, -0.2) is 24.0 Å². The molecule has 1 aromatic carbocycles. The minimum Gasteiger partial charge on any atom is -0.331 e. The maximum atomic E-state index is 13.0. The Balaban J connectivity index is 1.83. The molecule has 7 heteroatoms. The van der Waals surface area contributed by atoms with E-state index in [0.717, 1.165) is 11.3 Å². The van der Waals surface area contributed by atoms with Crippen LogP contribution in [0.5, 0.6) is 0 Å². The van der Waals surface area contributed by atoms with Crippen LogP contribution in [0.3, 0.4) is 0 Å². The average molecular weight is 395 g/mol. The smallest absolute Gasteiger partial charge is 0.225 e. The molecule has 0 saturated heterocycles. The number of anilines is 1. The summed E-state index contributed by atoms with van der Waals surface area (Å²) in [5, 5.41) is 14.9. The van der Waals surface area contributed by atoms with Crippen molar-refractivity contribution in [1.82, 2.24) is 15.6 Å². The summed E-state index contributed by atoms with van der Waals surface area (Å²) in [4.78, 5) is 18.4. The maximum absolute atomic E-state index is 13.0. The largest absolute Gasteiger partial charge is 0.331 e. The van der Waals surface area contributed by atoms with E-state index in [2.05, 4.69) is 15.6 Å². The lowest BCUT2D eigenvalue weighted by Gasteiger charge is -2.22. The summed E-state index contributed by atoms with van der Waals surface area (Å²) in [6.45, 7) is 7.02. The molecule has 2 rings (SSSR count). The van der Waals surface area contributed by atoms with Crippen molar-refractivity contribution in [3.8, 4) is 6.07 Å². The third-order valence-electron chi connectivity index (χ3n) is 4.51. The lowest BCUT2D eigenvalue weighted by atomic mass is 10.1. The number of benzene rings is 1. The number of halogens is 1. The molecule has 0 aliphatic heterocycles. The van der Waals surface area contributed by atoms with Gasteiger partial charge in [-0.3, -0.25) is 4.79 Å². The van der Waals surface area contributed by atoms with Gasteiger partial charge in [0, 0.05) is 43.6 Å². The number of amides is 1. The van der Waals surface area contributed by atoms with Gasteiger partial charge in [0.2, 0.25) is 5.91 Å². The second-order valence-corrected chi connectivity index (χ2v) is 6.59. The first kappa shape index (κ1) is 22.1. The second kappa shape index (κ2) is 10.9. The molecular weight excluding hydrogens is 369 g/mol.